The second-order valence-electron chi connectivity index (χ2n) is 5.29. The predicted octanol–water partition coefficient (Wildman–Crippen LogP) is 1.20. The van der Waals surface area contributed by atoms with Crippen molar-refractivity contribution in [2.75, 3.05) is 6.54 Å². The number of rotatable bonds is 8. The number of halogens is 3. The molecule has 0 saturated heterocycles. The van der Waals surface area contributed by atoms with E-state index in [4.69, 9.17) is 11.5 Å². The molecule has 4 nitrogen and oxygen atoms in total. The lowest BCUT2D eigenvalue weighted by Crippen LogP contribution is -2.47. The highest BCUT2D eigenvalue weighted by Crippen LogP contribution is 2.36. The number of thiol groups is 1. The standard InChI is InChI=1S/C12H22F3N3OS/c13-12(14,15)8(16)3-1-2-6-18-11(19)9(17)10(20)7-4-5-7/h7-10,20H,1-6,16-17H2,(H,18,19). The number of hydrogen-bond acceptors (Lipinski definition) is 4. The molecule has 1 saturated carbocycles. The molecule has 118 valence electrons. The molecule has 5 N–H and O–H groups in total. The van der Waals surface area contributed by atoms with Crippen LogP contribution < -0.4 is 16.8 Å². The zero-order valence-corrected chi connectivity index (χ0v) is 12.1. The first-order valence-electron chi connectivity index (χ1n) is 6.77. The van der Waals surface area contributed by atoms with Gasteiger partial charge in [0.15, 0.2) is 0 Å². The van der Waals surface area contributed by atoms with E-state index in [1.165, 1.54) is 0 Å². The Balaban J connectivity index is 2.10. The largest absolute Gasteiger partial charge is 0.403 e. The number of amides is 1. The number of carbonyl (C=O) groups is 1. The van der Waals surface area contributed by atoms with Gasteiger partial charge in [-0.2, -0.15) is 25.8 Å². The molecule has 1 fully saturated rings. The maximum absolute atomic E-state index is 12.1. The number of alkyl halides is 3. The van der Waals surface area contributed by atoms with Crippen molar-refractivity contribution in [2.45, 2.75) is 55.6 Å². The Morgan fingerprint density at radius 2 is 1.90 bits per heavy atom. The van der Waals surface area contributed by atoms with Crippen molar-refractivity contribution in [1.82, 2.24) is 5.32 Å². The Morgan fingerprint density at radius 3 is 2.40 bits per heavy atom. The summed E-state index contributed by atoms with van der Waals surface area (Å²) < 4.78 is 36.4. The molecule has 0 bridgehead atoms. The van der Waals surface area contributed by atoms with Crippen LogP contribution in [0, 0.1) is 5.92 Å². The number of nitrogens with one attached hydrogen (secondary N) is 1. The summed E-state index contributed by atoms with van der Waals surface area (Å²) in [4.78, 5) is 11.7. The van der Waals surface area contributed by atoms with Crippen molar-refractivity contribution >= 4 is 18.5 Å². The van der Waals surface area contributed by atoms with Crippen molar-refractivity contribution < 1.29 is 18.0 Å². The normalized spacial score (nSPS) is 20.3. The number of carbonyl (C=O) groups excluding carboxylic acids is 1. The maximum atomic E-state index is 12.1. The van der Waals surface area contributed by atoms with Crippen molar-refractivity contribution in [2.24, 2.45) is 17.4 Å². The molecule has 1 amide bonds. The van der Waals surface area contributed by atoms with Crippen LogP contribution in [0.15, 0.2) is 0 Å². The molecule has 0 aromatic rings. The molecule has 1 aliphatic carbocycles. The summed E-state index contributed by atoms with van der Waals surface area (Å²) in [5, 5.41) is 2.48. The molecular weight excluding hydrogens is 291 g/mol. The molecule has 0 aromatic carbocycles. The van der Waals surface area contributed by atoms with E-state index in [9.17, 15) is 18.0 Å². The third-order valence-corrected chi connectivity index (χ3v) is 4.18. The Morgan fingerprint density at radius 1 is 1.30 bits per heavy atom. The fourth-order valence-corrected chi connectivity index (χ4v) is 2.30. The third-order valence-electron chi connectivity index (χ3n) is 3.44. The van der Waals surface area contributed by atoms with Gasteiger partial charge in [0.1, 0.15) is 6.04 Å². The zero-order chi connectivity index (χ0) is 15.3. The van der Waals surface area contributed by atoms with Crippen LogP contribution in [0.4, 0.5) is 13.2 Å². The highest BCUT2D eigenvalue weighted by atomic mass is 32.1. The lowest BCUT2D eigenvalue weighted by molar-refractivity contribution is -0.149. The van der Waals surface area contributed by atoms with Crippen LogP contribution in [0.25, 0.3) is 0 Å². The van der Waals surface area contributed by atoms with Crippen molar-refractivity contribution in [3.8, 4) is 0 Å². The van der Waals surface area contributed by atoms with Crippen LogP contribution in [0.1, 0.15) is 32.1 Å². The van der Waals surface area contributed by atoms with E-state index >= 15 is 0 Å². The molecule has 8 heteroatoms. The summed E-state index contributed by atoms with van der Waals surface area (Å²) in [6.45, 7) is 0.308. The minimum Gasteiger partial charge on any atom is -0.355 e. The summed E-state index contributed by atoms with van der Waals surface area (Å²) in [5.41, 5.74) is 10.7. The molecular formula is C12H22F3N3OS. The van der Waals surface area contributed by atoms with E-state index in [-0.39, 0.29) is 17.6 Å². The fourth-order valence-electron chi connectivity index (χ4n) is 1.87. The topological polar surface area (TPSA) is 81.1 Å². The molecule has 20 heavy (non-hydrogen) atoms. The molecule has 1 aliphatic rings. The third kappa shape index (κ3) is 5.88. The molecule has 3 unspecified atom stereocenters. The Bertz CT molecular complexity index is 324. The van der Waals surface area contributed by atoms with E-state index < -0.39 is 18.3 Å². The van der Waals surface area contributed by atoms with Gasteiger partial charge in [-0.15, -0.1) is 0 Å². The van der Waals surface area contributed by atoms with Gasteiger partial charge in [-0.3, -0.25) is 4.79 Å². The zero-order valence-electron chi connectivity index (χ0n) is 11.2. The second-order valence-corrected chi connectivity index (χ2v) is 5.89. The van der Waals surface area contributed by atoms with Gasteiger partial charge in [-0.25, -0.2) is 0 Å². The first-order valence-corrected chi connectivity index (χ1v) is 7.28. The first kappa shape index (κ1) is 17.6. The van der Waals surface area contributed by atoms with Crippen molar-refractivity contribution in [1.29, 1.82) is 0 Å². The quantitative estimate of drug-likeness (QED) is 0.401. The van der Waals surface area contributed by atoms with Gasteiger partial charge in [-0.1, -0.05) is 0 Å². The highest BCUT2D eigenvalue weighted by molar-refractivity contribution is 7.81. The Labute approximate surface area is 122 Å². The van der Waals surface area contributed by atoms with Gasteiger partial charge in [0, 0.05) is 11.8 Å². The molecule has 3 atom stereocenters. The van der Waals surface area contributed by atoms with E-state index in [1.54, 1.807) is 0 Å². The summed E-state index contributed by atoms with van der Waals surface area (Å²) in [6.07, 6.45) is -1.64. The molecule has 0 aliphatic heterocycles. The summed E-state index contributed by atoms with van der Waals surface area (Å²) in [5.74, 6) is 0.112. The molecule has 0 heterocycles. The molecule has 1 rings (SSSR count). The van der Waals surface area contributed by atoms with Gasteiger partial charge in [0.2, 0.25) is 5.91 Å². The van der Waals surface area contributed by atoms with Crippen LogP contribution in [0.5, 0.6) is 0 Å². The average Bonchev–Trinajstić information content (AvgIpc) is 3.19. The Hall–Kier alpha value is -0.470. The van der Waals surface area contributed by atoms with Crippen LogP contribution in [0.3, 0.4) is 0 Å². The average molecular weight is 313 g/mol. The maximum Gasteiger partial charge on any atom is 0.403 e. The van der Waals surface area contributed by atoms with E-state index in [0.29, 0.717) is 25.3 Å². The lowest BCUT2D eigenvalue weighted by Gasteiger charge is -2.18. The number of hydrogen-bond donors (Lipinski definition) is 4. The molecule has 0 spiro atoms. The number of unbranched alkanes of at least 4 members (excludes halogenated alkanes) is 1. The lowest BCUT2D eigenvalue weighted by atomic mass is 10.1. The van der Waals surface area contributed by atoms with E-state index in [1.807, 2.05) is 0 Å². The van der Waals surface area contributed by atoms with Gasteiger partial charge in [-0.05, 0) is 38.0 Å². The van der Waals surface area contributed by atoms with Gasteiger partial charge >= 0.3 is 6.18 Å². The first-order chi connectivity index (χ1) is 9.23. The Kier molecular flexibility index (Phi) is 6.60. The second kappa shape index (κ2) is 7.51. The summed E-state index contributed by atoms with van der Waals surface area (Å²) >= 11 is 4.32. The van der Waals surface area contributed by atoms with E-state index in [2.05, 4.69) is 17.9 Å². The SMILES string of the molecule is NC(C(=O)NCCCCC(N)C(F)(F)F)C(S)C1CC1. The predicted molar refractivity (Wildman–Crippen MR) is 74.4 cm³/mol. The summed E-state index contributed by atoms with van der Waals surface area (Å²) in [7, 11) is 0. The number of nitrogens with two attached hydrogens (primary N) is 2. The van der Waals surface area contributed by atoms with E-state index in [0.717, 1.165) is 12.8 Å². The van der Waals surface area contributed by atoms with Crippen LogP contribution >= 0.6 is 12.6 Å². The molecule has 0 aromatic heterocycles. The monoisotopic (exact) mass is 313 g/mol. The van der Waals surface area contributed by atoms with Gasteiger partial charge in [0.05, 0.1) is 6.04 Å². The van der Waals surface area contributed by atoms with Gasteiger partial charge in [0.25, 0.3) is 0 Å². The van der Waals surface area contributed by atoms with Crippen molar-refractivity contribution in [3.05, 3.63) is 0 Å². The van der Waals surface area contributed by atoms with Crippen LogP contribution in [-0.4, -0.2) is 36.0 Å². The van der Waals surface area contributed by atoms with Crippen LogP contribution in [0.2, 0.25) is 0 Å². The van der Waals surface area contributed by atoms with Crippen molar-refractivity contribution in [3.63, 3.8) is 0 Å². The highest BCUT2D eigenvalue weighted by Gasteiger charge is 2.36. The summed E-state index contributed by atoms with van der Waals surface area (Å²) in [6, 6.07) is -2.46. The fraction of sp³-hybridized carbons (Fsp3) is 0.917. The smallest absolute Gasteiger partial charge is 0.355 e. The van der Waals surface area contributed by atoms with Crippen LogP contribution in [-0.2, 0) is 4.79 Å². The minimum absolute atomic E-state index is 0.136. The van der Waals surface area contributed by atoms with Gasteiger partial charge < -0.3 is 16.8 Å². The molecule has 0 radical (unpaired) electrons. The minimum atomic E-state index is -4.35.